The summed E-state index contributed by atoms with van der Waals surface area (Å²) < 4.78 is 6.84. The molecule has 0 saturated carbocycles. The fourth-order valence-corrected chi connectivity index (χ4v) is 3.27. The normalized spacial score (nSPS) is 32.7. The molecule has 0 amide bonds. The lowest BCUT2D eigenvalue weighted by atomic mass is 10.0. The minimum atomic E-state index is 0.318. The van der Waals surface area contributed by atoms with Crippen LogP contribution in [0.2, 0.25) is 0 Å². The Hall–Kier alpha value is -0.430. The molecular weight excluding hydrogens is 329 g/mol. The number of fused-ring (bicyclic) bond motifs is 2. The second-order valence-electron chi connectivity index (χ2n) is 4.94. The van der Waals surface area contributed by atoms with Gasteiger partial charge in [0.05, 0.1) is 12.4 Å². The fourth-order valence-electron chi connectivity index (χ4n) is 2.99. The summed E-state index contributed by atoms with van der Waals surface area (Å²) in [7, 11) is 2.24. The number of piperidine rings is 1. The summed E-state index contributed by atoms with van der Waals surface area (Å²) in [6.07, 6.45) is 8.68. The predicted octanol–water partition coefficient (Wildman–Crippen LogP) is 2.09. The molecule has 3 atom stereocenters. The van der Waals surface area contributed by atoms with Gasteiger partial charge in [-0.1, -0.05) is 0 Å². The molecule has 0 N–H and O–H groups in total. The average molecular weight is 345 g/mol. The molecule has 2 fully saturated rings. The van der Waals surface area contributed by atoms with Gasteiger partial charge < -0.3 is 9.64 Å². The third-order valence-electron chi connectivity index (χ3n) is 3.94. The summed E-state index contributed by atoms with van der Waals surface area (Å²) in [5, 5.41) is 0. The Morgan fingerprint density at radius 3 is 2.53 bits per heavy atom. The number of halogens is 1. The first-order chi connectivity index (χ1) is 8.22. The van der Waals surface area contributed by atoms with Gasteiger partial charge >= 0.3 is 0 Å². The van der Waals surface area contributed by atoms with Crippen LogP contribution in [0.5, 0.6) is 5.88 Å². The van der Waals surface area contributed by atoms with E-state index in [0.29, 0.717) is 24.1 Å². The quantitative estimate of drug-likeness (QED) is 0.770. The van der Waals surface area contributed by atoms with E-state index in [1.807, 2.05) is 0 Å². The molecule has 2 aliphatic rings. The number of hydrogen-bond donors (Lipinski definition) is 0. The highest BCUT2D eigenvalue weighted by Crippen LogP contribution is 2.35. The van der Waals surface area contributed by atoms with Crippen LogP contribution >= 0.6 is 22.6 Å². The van der Waals surface area contributed by atoms with Crippen molar-refractivity contribution >= 4 is 22.6 Å². The predicted molar refractivity (Wildman–Crippen MR) is 73.0 cm³/mol. The SMILES string of the molecule is CN1[C@@H]2CC[C@H]1C[C@@H](Oc1cnc(I)cn1)C2. The molecule has 0 unspecified atom stereocenters. The highest BCUT2D eigenvalue weighted by molar-refractivity contribution is 14.1. The molecular formula is C12H16IN3O. The highest BCUT2D eigenvalue weighted by Gasteiger charge is 2.39. The average Bonchev–Trinajstić information content (AvgIpc) is 2.55. The molecule has 5 heteroatoms. The van der Waals surface area contributed by atoms with E-state index in [4.69, 9.17) is 4.74 Å². The number of rotatable bonds is 2. The first-order valence-corrected chi connectivity index (χ1v) is 7.16. The van der Waals surface area contributed by atoms with Gasteiger partial charge in [0.25, 0.3) is 0 Å². The van der Waals surface area contributed by atoms with E-state index in [1.54, 1.807) is 12.4 Å². The van der Waals surface area contributed by atoms with Crippen molar-refractivity contribution in [3.63, 3.8) is 0 Å². The zero-order chi connectivity index (χ0) is 11.8. The van der Waals surface area contributed by atoms with E-state index in [0.717, 1.165) is 16.5 Å². The number of hydrogen-bond acceptors (Lipinski definition) is 4. The molecule has 1 aromatic rings. The summed E-state index contributed by atoms with van der Waals surface area (Å²) in [6.45, 7) is 0. The Morgan fingerprint density at radius 1 is 1.24 bits per heavy atom. The van der Waals surface area contributed by atoms with Crippen LogP contribution in [0.1, 0.15) is 25.7 Å². The van der Waals surface area contributed by atoms with Gasteiger partial charge in [0.2, 0.25) is 5.88 Å². The maximum atomic E-state index is 5.94. The van der Waals surface area contributed by atoms with Crippen LogP contribution < -0.4 is 4.74 Å². The Balaban J connectivity index is 1.65. The van der Waals surface area contributed by atoms with Gasteiger partial charge in [0.1, 0.15) is 9.80 Å². The molecule has 3 heterocycles. The van der Waals surface area contributed by atoms with Crippen LogP contribution in [0.25, 0.3) is 0 Å². The third-order valence-corrected chi connectivity index (χ3v) is 4.50. The fraction of sp³-hybridized carbons (Fsp3) is 0.667. The summed E-state index contributed by atoms with van der Waals surface area (Å²) in [5.74, 6) is 0.666. The third kappa shape index (κ3) is 2.40. The maximum absolute atomic E-state index is 5.94. The summed E-state index contributed by atoms with van der Waals surface area (Å²) in [5.41, 5.74) is 0. The Morgan fingerprint density at radius 2 is 1.94 bits per heavy atom. The van der Waals surface area contributed by atoms with Gasteiger partial charge in [0.15, 0.2) is 0 Å². The molecule has 2 bridgehead atoms. The summed E-state index contributed by atoms with van der Waals surface area (Å²) >= 11 is 2.15. The lowest BCUT2D eigenvalue weighted by Gasteiger charge is -2.35. The number of aromatic nitrogens is 2. The lowest BCUT2D eigenvalue weighted by Crippen LogP contribution is -2.43. The monoisotopic (exact) mass is 345 g/mol. The minimum Gasteiger partial charge on any atom is -0.473 e. The van der Waals surface area contributed by atoms with Crippen molar-refractivity contribution in [3.05, 3.63) is 16.1 Å². The molecule has 0 spiro atoms. The van der Waals surface area contributed by atoms with Crippen LogP contribution in [0.3, 0.4) is 0 Å². The van der Waals surface area contributed by atoms with E-state index in [1.165, 1.54) is 12.8 Å². The smallest absolute Gasteiger partial charge is 0.232 e. The molecule has 92 valence electrons. The van der Waals surface area contributed by atoms with E-state index in [-0.39, 0.29) is 0 Å². The van der Waals surface area contributed by atoms with E-state index < -0.39 is 0 Å². The molecule has 0 radical (unpaired) electrons. The van der Waals surface area contributed by atoms with Crippen LogP contribution in [-0.2, 0) is 0 Å². The van der Waals surface area contributed by atoms with Crippen LogP contribution in [-0.4, -0.2) is 40.1 Å². The van der Waals surface area contributed by atoms with Crippen molar-refractivity contribution in [3.8, 4) is 5.88 Å². The standard InChI is InChI=1S/C12H16IN3O/c1-16-8-2-3-9(16)5-10(4-8)17-12-7-14-11(13)6-15-12/h6-10H,2-5H2,1H3/t8-,9+,10+. The van der Waals surface area contributed by atoms with E-state index >= 15 is 0 Å². The van der Waals surface area contributed by atoms with Gasteiger partial charge in [-0.25, -0.2) is 9.97 Å². The van der Waals surface area contributed by atoms with Crippen molar-refractivity contribution in [2.24, 2.45) is 0 Å². The van der Waals surface area contributed by atoms with Gasteiger partial charge in [-0.05, 0) is 55.3 Å². The maximum Gasteiger partial charge on any atom is 0.232 e. The molecule has 0 aromatic carbocycles. The molecule has 3 rings (SSSR count). The zero-order valence-electron chi connectivity index (χ0n) is 9.84. The lowest BCUT2D eigenvalue weighted by molar-refractivity contribution is 0.0629. The van der Waals surface area contributed by atoms with Crippen molar-refractivity contribution in [1.82, 2.24) is 14.9 Å². The van der Waals surface area contributed by atoms with Gasteiger partial charge in [-0.15, -0.1) is 0 Å². The van der Waals surface area contributed by atoms with Crippen molar-refractivity contribution < 1.29 is 4.74 Å². The Labute approximate surface area is 115 Å². The molecule has 4 nitrogen and oxygen atoms in total. The number of ether oxygens (including phenoxy) is 1. The van der Waals surface area contributed by atoms with Crippen LogP contribution in [0.15, 0.2) is 12.4 Å². The van der Waals surface area contributed by atoms with Crippen LogP contribution in [0.4, 0.5) is 0 Å². The zero-order valence-corrected chi connectivity index (χ0v) is 12.0. The van der Waals surface area contributed by atoms with E-state index in [2.05, 4.69) is 44.5 Å². The van der Waals surface area contributed by atoms with Crippen molar-refractivity contribution in [2.75, 3.05) is 7.05 Å². The summed E-state index contributed by atoms with van der Waals surface area (Å²) in [4.78, 5) is 11.0. The van der Waals surface area contributed by atoms with E-state index in [9.17, 15) is 0 Å². The Kier molecular flexibility index (Phi) is 3.21. The molecule has 0 aliphatic carbocycles. The van der Waals surface area contributed by atoms with Crippen LogP contribution in [0, 0.1) is 3.70 Å². The van der Waals surface area contributed by atoms with Crippen molar-refractivity contribution in [1.29, 1.82) is 0 Å². The molecule has 2 saturated heterocycles. The molecule has 17 heavy (non-hydrogen) atoms. The second-order valence-corrected chi connectivity index (χ2v) is 6.04. The number of nitrogens with zero attached hydrogens (tertiary/aromatic N) is 3. The van der Waals surface area contributed by atoms with Gasteiger partial charge in [0, 0.05) is 12.1 Å². The Bertz CT molecular complexity index is 383. The second kappa shape index (κ2) is 4.68. The minimum absolute atomic E-state index is 0.318. The van der Waals surface area contributed by atoms with Gasteiger partial charge in [-0.2, -0.15) is 0 Å². The first kappa shape index (κ1) is 11.6. The topological polar surface area (TPSA) is 38.2 Å². The van der Waals surface area contributed by atoms with Crippen molar-refractivity contribution in [2.45, 2.75) is 43.9 Å². The first-order valence-electron chi connectivity index (χ1n) is 6.08. The summed E-state index contributed by atoms with van der Waals surface area (Å²) in [6, 6.07) is 1.41. The molecule has 2 aliphatic heterocycles. The molecule has 1 aromatic heterocycles. The van der Waals surface area contributed by atoms with Gasteiger partial charge in [-0.3, -0.25) is 0 Å². The largest absolute Gasteiger partial charge is 0.473 e. The highest BCUT2D eigenvalue weighted by atomic mass is 127.